The normalized spacial score (nSPS) is 13.5. The Morgan fingerprint density at radius 2 is 1.41 bits per heavy atom. The maximum Gasteiger partial charge on any atom is 0.323 e. The summed E-state index contributed by atoms with van der Waals surface area (Å²) in [6.45, 7) is 0. The molecule has 0 aromatic rings. The molecule has 0 aromatic heterocycles. The quantitative estimate of drug-likeness (QED) is 0.584. The van der Waals surface area contributed by atoms with E-state index >= 15 is 0 Å². The first-order valence-corrected chi connectivity index (χ1v) is 6.93. The number of carbonyl (C=O) groups excluding carboxylic acids is 2. The fourth-order valence-corrected chi connectivity index (χ4v) is 3.00. The van der Waals surface area contributed by atoms with Crippen LogP contribution in [0, 0.1) is 0 Å². The lowest BCUT2D eigenvalue weighted by atomic mass is 10.4. The van der Waals surface area contributed by atoms with Gasteiger partial charge in [-0.25, -0.2) is 0 Å². The molecule has 6 nitrogen and oxygen atoms in total. The van der Waals surface area contributed by atoms with Crippen molar-refractivity contribution in [2.45, 2.75) is 19.5 Å². The standard InChI is InChI=1S/C8H16N2O4S2.CH4/c1-13-7(11)5(9)3-16(15)4-6(10)8(12)14-2;/h5-6H,3-4,9-10H2,1-2H3;1H4/t5-,6-;/m0./s1. The smallest absolute Gasteiger partial charge is 0.323 e. The summed E-state index contributed by atoms with van der Waals surface area (Å²) < 4.78 is 8.92. The first-order valence-electron chi connectivity index (χ1n) is 4.44. The van der Waals surface area contributed by atoms with Gasteiger partial charge >= 0.3 is 11.9 Å². The van der Waals surface area contributed by atoms with Gasteiger partial charge in [-0.05, 0) is 0 Å². The van der Waals surface area contributed by atoms with Crippen molar-refractivity contribution in [3.63, 3.8) is 0 Å². The Bertz CT molecular complexity index is 260. The van der Waals surface area contributed by atoms with E-state index in [0.29, 0.717) is 0 Å². The van der Waals surface area contributed by atoms with Crippen LogP contribution in [0.1, 0.15) is 7.43 Å². The zero-order valence-electron chi connectivity index (χ0n) is 9.17. The summed E-state index contributed by atoms with van der Waals surface area (Å²) in [5.41, 5.74) is 11.0. The van der Waals surface area contributed by atoms with Crippen LogP contribution in [0.3, 0.4) is 0 Å². The molecule has 8 heteroatoms. The van der Waals surface area contributed by atoms with Crippen LogP contribution in [-0.2, 0) is 39.7 Å². The van der Waals surface area contributed by atoms with Crippen LogP contribution in [0.4, 0.5) is 0 Å². The molecule has 102 valence electrons. The van der Waals surface area contributed by atoms with Crippen molar-refractivity contribution in [3.8, 4) is 0 Å². The number of nitrogens with two attached hydrogens (primary N) is 2. The number of methoxy groups -OCH3 is 2. The molecule has 0 saturated heterocycles. The molecule has 0 heterocycles. The molecule has 0 aliphatic carbocycles. The first-order chi connectivity index (χ1) is 7.42. The molecular weight excluding hydrogens is 264 g/mol. The van der Waals surface area contributed by atoms with Gasteiger partial charge in [-0.1, -0.05) is 18.6 Å². The van der Waals surface area contributed by atoms with Gasteiger partial charge in [0, 0.05) is 11.5 Å². The fourth-order valence-electron chi connectivity index (χ4n) is 0.907. The van der Waals surface area contributed by atoms with E-state index in [4.69, 9.17) is 22.7 Å². The van der Waals surface area contributed by atoms with Crippen LogP contribution in [-0.4, -0.2) is 49.7 Å². The summed E-state index contributed by atoms with van der Waals surface area (Å²) >= 11 is 5.08. The van der Waals surface area contributed by atoms with E-state index in [9.17, 15) is 9.59 Å². The Kier molecular flexibility index (Phi) is 10.5. The third-order valence-corrected chi connectivity index (χ3v) is 4.02. The highest BCUT2D eigenvalue weighted by molar-refractivity contribution is 8.28. The lowest BCUT2D eigenvalue weighted by molar-refractivity contribution is -0.142. The summed E-state index contributed by atoms with van der Waals surface area (Å²) in [6.07, 6.45) is 0. The number of ether oxygens (including phenoxy) is 2. The van der Waals surface area contributed by atoms with Crippen molar-refractivity contribution >= 4 is 32.6 Å². The Labute approximate surface area is 109 Å². The van der Waals surface area contributed by atoms with Crippen molar-refractivity contribution in [1.82, 2.24) is 0 Å². The number of carbonyl (C=O) groups is 2. The molecule has 0 unspecified atom stereocenters. The molecular formula is C9H20N2O4S2. The van der Waals surface area contributed by atoms with Gasteiger partial charge in [-0.3, -0.25) is 9.59 Å². The van der Waals surface area contributed by atoms with Gasteiger partial charge in [0.15, 0.2) is 0 Å². The topological polar surface area (TPSA) is 105 Å². The van der Waals surface area contributed by atoms with Crippen molar-refractivity contribution in [3.05, 3.63) is 0 Å². The predicted octanol–water partition coefficient (Wildman–Crippen LogP) is -1.30. The van der Waals surface area contributed by atoms with Crippen LogP contribution in [0.15, 0.2) is 0 Å². The zero-order valence-corrected chi connectivity index (χ0v) is 10.8. The Morgan fingerprint density at radius 1 is 1.12 bits per heavy atom. The van der Waals surface area contributed by atoms with Gasteiger partial charge < -0.3 is 20.9 Å². The molecule has 0 bridgehead atoms. The van der Waals surface area contributed by atoms with E-state index in [-0.39, 0.29) is 18.9 Å². The first kappa shape index (κ1) is 18.8. The zero-order chi connectivity index (χ0) is 12.7. The minimum absolute atomic E-state index is 0. The number of hydrogen-bond acceptors (Lipinski definition) is 7. The highest BCUT2D eigenvalue weighted by Gasteiger charge is 2.19. The van der Waals surface area contributed by atoms with Gasteiger partial charge in [0.05, 0.1) is 14.2 Å². The van der Waals surface area contributed by atoms with Gasteiger partial charge in [0.1, 0.15) is 12.1 Å². The fraction of sp³-hybridized carbons (Fsp3) is 0.778. The molecule has 0 radical (unpaired) electrons. The summed E-state index contributed by atoms with van der Waals surface area (Å²) in [5, 5.41) is 0. The summed E-state index contributed by atoms with van der Waals surface area (Å²) in [6, 6.07) is -1.54. The van der Waals surface area contributed by atoms with Crippen molar-refractivity contribution in [2.75, 3.05) is 25.7 Å². The third-order valence-electron chi connectivity index (χ3n) is 1.74. The van der Waals surface area contributed by atoms with Crippen LogP contribution >= 0.6 is 0 Å². The van der Waals surface area contributed by atoms with Gasteiger partial charge in [-0.2, -0.15) is 0 Å². The van der Waals surface area contributed by atoms with Gasteiger partial charge in [0.2, 0.25) is 0 Å². The number of hydrogen-bond donors (Lipinski definition) is 2. The maximum atomic E-state index is 11.0. The second-order valence-electron chi connectivity index (χ2n) is 3.03. The number of esters is 2. The molecule has 0 saturated carbocycles. The SMILES string of the molecule is C.COC(=O)[C@@H](N)CS(=S)C[C@H](N)C(=O)OC. The second-order valence-corrected chi connectivity index (χ2v) is 5.99. The van der Waals surface area contributed by atoms with Gasteiger partial charge in [-0.15, -0.1) is 9.45 Å². The molecule has 0 aromatic carbocycles. The Morgan fingerprint density at radius 3 is 1.65 bits per heavy atom. The van der Waals surface area contributed by atoms with E-state index < -0.39 is 33.5 Å². The molecule has 0 aliphatic rings. The summed E-state index contributed by atoms with van der Waals surface area (Å²) in [5.74, 6) is -0.498. The predicted molar refractivity (Wildman–Crippen MR) is 71.2 cm³/mol. The van der Waals surface area contributed by atoms with E-state index in [1.165, 1.54) is 14.2 Å². The van der Waals surface area contributed by atoms with Gasteiger partial charge in [0.25, 0.3) is 0 Å². The highest BCUT2D eigenvalue weighted by atomic mass is 32.8. The highest BCUT2D eigenvalue weighted by Crippen LogP contribution is 1.95. The van der Waals surface area contributed by atoms with E-state index in [0.717, 1.165) is 0 Å². The second kappa shape index (κ2) is 9.46. The Balaban J connectivity index is 0. The Hall–Kier alpha value is -0.570. The average Bonchev–Trinajstić information content (AvgIpc) is 2.26. The molecule has 0 spiro atoms. The van der Waals surface area contributed by atoms with E-state index in [1.54, 1.807) is 0 Å². The largest absolute Gasteiger partial charge is 0.468 e. The monoisotopic (exact) mass is 284 g/mol. The molecule has 0 aliphatic heterocycles. The third kappa shape index (κ3) is 7.37. The van der Waals surface area contributed by atoms with Crippen LogP contribution in [0.25, 0.3) is 0 Å². The molecule has 4 N–H and O–H groups in total. The van der Waals surface area contributed by atoms with Crippen LogP contribution < -0.4 is 11.5 Å². The maximum absolute atomic E-state index is 11.0. The molecule has 0 rings (SSSR count). The number of rotatable bonds is 6. The molecule has 0 fully saturated rings. The van der Waals surface area contributed by atoms with Crippen LogP contribution in [0.2, 0.25) is 0 Å². The van der Waals surface area contributed by atoms with Crippen molar-refractivity contribution in [2.24, 2.45) is 11.5 Å². The van der Waals surface area contributed by atoms with Crippen molar-refractivity contribution < 1.29 is 19.1 Å². The van der Waals surface area contributed by atoms with E-state index in [1.807, 2.05) is 0 Å². The van der Waals surface area contributed by atoms with Crippen LogP contribution in [0.5, 0.6) is 0 Å². The average molecular weight is 284 g/mol. The summed E-state index contributed by atoms with van der Waals surface area (Å²) in [7, 11) is 1.86. The lowest BCUT2D eigenvalue weighted by Crippen LogP contribution is -2.41. The van der Waals surface area contributed by atoms with E-state index in [2.05, 4.69) is 9.47 Å². The molecule has 17 heavy (non-hydrogen) atoms. The molecule has 2 atom stereocenters. The van der Waals surface area contributed by atoms with Crippen molar-refractivity contribution in [1.29, 1.82) is 0 Å². The minimum Gasteiger partial charge on any atom is -0.468 e. The molecule has 0 amide bonds. The summed E-state index contributed by atoms with van der Waals surface area (Å²) in [4.78, 5) is 22.0. The lowest BCUT2D eigenvalue weighted by Gasteiger charge is -2.13. The minimum atomic E-state index is -0.768.